The summed E-state index contributed by atoms with van der Waals surface area (Å²) < 4.78 is 28.1. The molecule has 1 heterocycles. The van der Waals surface area contributed by atoms with Crippen molar-refractivity contribution in [1.29, 1.82) is 0 Å². The fourth-order valence-corrected chi connectivity index (χ4v) is 4.18. The number of hydrogen-bond donors (Lipinski definition) is 1. The Kier molecular flexibility index (Phi) is 5.40. The molecule has 1 aliphatic heterocycles. The summed E-state index contributed by atoms with van der Waals surface area (Å²) in [6.07, 6.45) is 2.73. The maximum atomic E-state index is 14.4. The third-order valence-electron chi connectivity index (χ3n) is 5.66. The van der Waals surface area contributed by atoms with E-state index < -0.39 is 11.6 Å². The Bertz CT molecular complexity index is 816. The van der Waals surface area contributed by atoms with Gasteiger partial charge in [0.1, 0.15) is 11.6 Å². The van der Waals surface area contributed by atoms with Gasteiger partial charge in [0, 0.05) is 36.0 Å². The standard InChI is InChI=1S/C22H26F2N2/c1-4-7-15-14-26-20-9-6-5-8-18(20)22(15,2)13-21(25-3)17-12-16(23)10-11-19(17)24/h5-6,8-12,15,26H,4,7,13-14H2,1-3H3. The van der Waals surface area contributed by atoms with E-state index in [0.29, 0.717) is 18.1 Å². The van der Waals surface area contributed by atoms with E-state index in [9.17, 15) is 8.78 Å². The van der Waals surface area contributed by atoms with Crippen LogP contribution in [0.3, 0.4) is 0 Å². The molecule has 2 unspecified atom stereocenters. The van der Waals surface area contributed by atoms with Gasteiger partial charge in [-0.3, -0.25) is 4.99 Å². The summed E-state index contributed by atoms with van der Waals surface area (Å²) in [4.78, 5) is 4.36. The molecule has 0 aliphatic carbocycles. The van der Waals surface area contributed by atoms with Crippen molar-refractivity contribution in [2.45, 2.75) is 38.5 Å². The first kappa shape index (κ1) is 18.6. The van der Waals surface area contributed by atoms with Crippen LogP contribution < -0.4 is 5.32 Å². The fraction of sp³-hybridized carbons (Fsp3) is 0.409. The zero-order valence-corrected chi connectivity index (χ0v) is 15.7. The van der Waals surface area contributed by atoms with Crippen LogP contribution in [0.1, 0.15) is 44.2 Å². The smallest absolute Gasteiger partial charge is 0.132 e. The summed E-state index contributed by atoms with van der Waals surface area (Å²) in [6.45, 7) is 5.29. The first-order valence-electron chi connectivity index (χ1n) is 9.24. The molecule has 0 aromatic heterocycles. The lowest BCUT2D eigenvalue weighted by Crippen LogP contribution is -2.43. The first-order chi connectivity index (χ1) is 12.5. The van der Waals surface area contributed by atoms with Crippen molar-refractivity contribution in [2.75, 3.05) is 18.9 Å². The highest BCUT2D eigenvalue weighted by Crippen LogP contribution is 2.45. The van der Waals surface area contributed by atoms with Crippen LogP contribution in [0, 0.1) is 17.6 Å². The van der Waals surface area contributed by atoms with Crippen molar-refractivity contribution in [1.82, 2.24) is 0 Å². The minimum atomic E-state index is -0.441. The third kappa shape index (κ3) is 3.37. The van der Waals surface area contributed by atoms with Gasteiger partial charge in [0.05, 0.1) is 0 Å². The number of aliphatic imine (C=N–C) groups is 1. The number of hydrogen-bond acceptors (Lipinski definition) is 2. The summed E-state index contributed by atoms with van der Waals surface area (Å²) in [5.41, 5.74) is 3.04. The molecule has 26 heavy (non-hydrogen) atoms. The van der Waals surface area contributed by atoms with Gasteiger partial charge in [-0.15, -0.1) is 0 Å². The van der Waals surface area contributed by atoms with E-state index in [4.69, 9.17) is 0 Å². The summed E-state index contributed by atoms with van der Waals surface area (Å²) >= 11 is 0. The second-order valence-electron chi connectivity index (χ2n) is 7.30. The lowest BCUT2D eigenvalue weighted by molar-refractivity contribution is 0.284. The number of rotatable bonds is 5. The van der Waals surface area contributed by atoms with Crippen LogP contribution in [-0.2, 0) is 5.41 Å². The number of halogens is 2. The van der Waals surface area contributed by atoms with Gasteiger partial charge in [0.15, 0.2) is 0 Å². The Balaban J connectivity index is 2.05. The predicted octanol–water partition coefficient (Wildman–Crippen LogP) is 5.57. The molecule has 0 spiro atoms. The number of anilines is 1. The molecule has 0 amide bonds. The number of fused-ring (bicyclic) bond motifs is 1. The Morgan fingerprint density at radius 3 is 2.73 bits per heavy atom. The summed E-state index contributed by atoms with van der Waals surface area (Å²) in [5, 5.41) is 3.53. The van der Waals surface area contributed by atoms with E-state index in [-0.39, 0.29) is 11.0 Å². The van der Waals surface area contributed by atoms with Crippen LogP contribution in [0.4, 0.5) is 14.5 Å². The van der Waals surface area contributed by atoms with Crippen molar-refractivity contribution in [3.63, 3.8) is 0 Å². The van der Waals surface area contributed by atoms with E-state index in [1.165, 1.54) is 17.7 Å². The quantitative estimate of drug-likeness (QED) is 0.696. The highest BCUT2D eigenvalue weighted by Gasteiger charge is 2.41. The van der Waals surface area contributed by atoms with Crippen LogP contribution in [-0.4, -0.2) is 19.3 Å². The molecule has 0 bridgehead atoms. The molecule has 2 aromatic carbocycles. The highest BCUT2D eigenvalue weighted by atomic mass is 19.1. The minimum absolute atomic E-state index is 0.189. The zero-order valence-electron chi connectivity index (χ0n) is 15.7. The third-order valence-corrected chi connectivity index (χ3v) is 5.66. The Labute approximate surface area is 154 Å². The lowest BCUT2D eigenvalue weighted by atomic mass is 9.64. The molecule has 1 aliphatic rings. The van der Waals surface area contributed by atoms with E-state index in [0.717, 1.165) is 31.1 Å². The molecule has 0 fully saturated rings. The zero-order chi connectivity index (χ0) is 18.7. The molecule has 1 N–H and O–H groups in total. The van der Waals surface area contributed by atoms with Gasteiger partial charge in [-0.2, -0.15) is 0 Å². The van der Waals surface area contributed by atoms with Gasteiger partial charge >= 0.3 is 0 Å². The van der Waals surface area contributed by atoms with Gasteiger partial charge in [0.2, 0.25) is 0 Å². The van der Waals surface area contributed by atoms with Crippen molar-refractivity contribution < 1.29 is 8.78 Å². The number of nitrogens with zero attached hydrogens (tertiary/aromatic N) is 1. The highest BCUT2D eigenvalue weighted by molar-refractivity contribution is 6.01. The maximum Gasteiger partial charge on any atom is 0.132 e. The van der Waals surface area contributed by atoms with Crippen molar-refractivity contribution in [2.24, 2.45) is 10.9 Å². The predicted molar refractivity (Wildman–Crippen MR) is 104 cm³/mol. The normalized spacial score (nSPS) is 22.7. The van der Waals surface area contributed by atoms with Crippen molar-refractivity contribution in [3.8, 4) is 0 Å². The number of para-hydroxylation sites is 1. The largest absolute Gasteiger partial charge is 0.384 e. The first-order valence-corrected chi connectivity index (χ1v) is 9.24. The van der Waals surface area contributed by atoms with Crippen molar-refractivity contribution in [3.05, 3.63) is 65.2 Å². The topological polar surface area (TPSA) is 24.4 Å². The summed E-state index contributed by atoms with van der Waals surface area (Å²) in [5.74, 6) is -0.468. The molecule has 2 atom stereocenters. The van der Waals surface area contributed by atoms with Gasteiger partial charge in [-0.25, -0.2) is 8.78 Å². The molecule has 138 valence electrons. The fourth-order valence-electron chi connectivity index (χ4n) is 4.18. The van der Waals surface area contributed by atoms with E-state index >= 15 is 0 Å². The molecule has 2 aromatic rings. The van der Waals surface area contributed by atoms with Gasteiger partial charge in [0.25, 0.3) is 0 Å². The van der Waals surface area contributed by atoms with E-state index in [1.54, 1.807) is 7.05 Å². The Morgan fingerprint density at radius 1 is 1.23 bits per heavy atom. The SMILES string of the molecule is CCCC1CNc2ccccc2C1(C)CC(=NC)c1cc(F)ccc1F. The molecule has 0 saturated carbocycles. The molecule has 0 saturated heterocycles. The second kappa shape index (κ2) is 7.56. The van der Waals surface area contributed by atoms with Gasteiger partial charge in [-0.1, -0.05) is 38.5 Å². The minimum Gasteiger partial charge on any atom is -0.384 e. The molecular weight excluding hydrogens is 330 g/mol. The van der Waals surface area contributed by atoms with Crippen LogP contribution in [0.15, 0.2) is 47.5 Å². The average molecular weight is 356 g/mol. The summed E-state index contributed by atoms with van der Waals surface area (Å²) in [7, 11) is 1.66. The maximum absolute atomic E-state index is 14.4. The van der Waals surface area contributed by atoms with Gasteiger partial charge in [-0.05, 0) is 48.6 Å². The monoisotopic (exact) mass is 356 g/mol. The second-order valence-corrected chi connectivity index (χ2v) is 7.30. The average Bonchev–Trinajstić information content (AvgIpc) is 2.65. The Hall–Kier alpha value is -2.23. The Morgan fingerprint density at radius 2 is 2.00 bits per heavy atom. The summed E-state index contributed by atoms with van der Waals surface area (Å²) in [6, 6.07) is 11.9. The number of nitrogens with one attached hydrogen (secondary N) is 1. The van der Waals surface area contributed by atoms with Crippen LogP contribution in [0.2, 0.25) is 0 Å². The van der Waals surface area contributed by atoms with Gasteiger partial charge < -0.3 is 5.32 Å². The molecule has 2 nitrogen and oxygen atoms in total. The molecular formula is C22H26F2N2. The molecule has 4 heteroatoms. The number of benzene rings is 2. The van der Waals surface area contributed by atoms with Crippen molar-refractivity contribution >= 4 is 11.4 Å². The van der Waals surface area contributed by atoms with Crippen LogP contribution in [0.5, 0.6) is 0 Å². The molecule has 0 radical (unpaired) electrons. The van der Waals surface area contributed by atoms with Crippen LogP contribution in [0.25, 0.3) is 0 Å². The lowest BCUT2D eigenvalue weighted by Gasteiger charge is -2.44. The van der Waals surface area contributed by atoms with E-state index in [1.807, 2.05) is 12.1 Å². The molecule has 3 rings (SSSR count). The van der Waals surface area contributed by atoms with E-state index in [2.05, 4.69) is 36.3 Å². The van der Waals surface area contributed by atoms with Crippen LogP contribution >= 0.6 is 0 Å².